The van der Waals surface area contributed by atoms with E-state index in [9.17, 15) is 4.79 Å². The number of hydrogen-bond acceptors (Lipinski definition) is 3. The third-order valence-corrected chi connectivity index (χ3v) is 4.15. The third kappa shape index (κ3) is 4.20. The SMILES string of the molecule is COc1ccc(NC(=O)C(C)Oc2cc(C)cc(C)c2C)cc1Cl. The third-order valence-electron chi connectivity index (χ3n) is 3.86. The predicted octanol–water partition coefficient (Wildman–Crippen LogP) is 4.68. The number of hydrogen-bond donors (Lipinski definition) is 1. The summed E-state index contributed by atoms with van der Waals surface area (Å²) >= 11 is 6.07. The van der Waals surface area contributed by atoms with Gasteiger partial charge >= 0.3 is 0 Å². The number of ether oxygens (including phenoxy) is 2. The lowest BCUT2D eigenvalue weighted by molar-refractivity contribution is -0.122. The fraction of sp³-hybridized carbons (Fsp3) is 0.316. The molecule has 24 heavy (non-hydrogen) atoms. The number of amides is 1. The van der Waals surface area contributed by atoms with Crippen molar-refractivity contribution in [2.24, 2.45) is 0 Å². The first-order valence-corrected chi connectivity index (χ1v) is 8.08. The van der Waals surface area contributed by atoms with Crippen molar-refractivity contribution < 1.29 is 14.3 Å². The molecule has 0 aliphatic carbocycles. The lowest BCUT2D eigenvalue weighted by Crippen LogP contribution is -2.30. The molecular weight excluding hydrogens is 326 g/mol. The van der Waals surface area contributed by atoms with E-state index in [1.165, 1.54) is 0 Å². The van der Waals surface area contributed by atoms with Crippen LogP contribution in [-0.2, 0) is 4.79 Å². The van der Waals surface area contributed by atoms with E-state index in [1.54, 1.807) is 32.2 Å². The van der Waals surface area contributed by atoms with Crippen molar-refractivity contribution in [1.29, 1.82) is 0 Å². The van der Waals surface area contributed by atoms with Gasteiger partial charge in [0.25, 0.3) is 5.91 Å². The first-order valence-electron chi connectivity index (χ1n) is 7.70. The van der Waals surface area contributed by atoms with Crippen molar-refractivity contribution in [1.82, 2.24) is 0 Å². The van der Waals surface area contributed by atoms with Crippen LogP contribution in [0.4, 0.5) is 5.69 Å². The number of nitrogens with one attached hydrogen (secondary N) is 1. The molecule has 128 valence electrons. The van der Waals surface area contributed by atoms with Gasteiger partial charge in [0.05, 0.1) is 12.1 Å². The second kappa shape index (κ2) is 7.58. The van der Waals surface area contributed by atoms with E-state index < -0.39 is 6.10 Å². The van der Waals surface area contributed by atoms with Crippen LogP contribution in [0.15, 0.2) is 30.3 Å². The van der Waals surface area contributed by atoms with Crippen molar-refractivity contribution in [2.45, 2.75) is 33.8 Å². The Balaban J connectivity index is 2.09. The molecule has 4 nitrogen and oxygen atoms in total. The molecule has 1 atom stereocenters. The van der Waals surface area contributed by atoms with E-state index in [0.29, 0.717) is 16.5 Å². The Labute approximate surface area is 147 Å². The van der Waals surface area contributed by atoms with Crippen molar-refractivity contribution in [3.05, 3.63) is 52.0 Å². The standard InChI is InChI=1S/C19H22ClNO3/c1-11-8-12(2)13(3)18(9-11)24-14(4)19(22)21-15-6-7-17(23-5)16(20)10-15/h6-10,14H,1-5H3,(H,21,22). The number of benzene rings is 2. The second-order valence-electron chi connectivity index (χ2n) is 5.80. The molecule has 2 rings (SSSR count). The number of methoxy groups -OCH3 is 1. The minimum absolute atomic E-state index is 0.241. The van der Waals surface area contributed by atoms with Gasteiger partial charge in [-0.25, -0.2) is 0 Å². The molecule has 1 unspecified atom stereocenters. The summed E-state index contributed by atoms with van der Waals surface area (Å²) in [4.78, 5) is 12.4. The smallest absolute Gasteiger partial charge is 0.265 e. The molecule has 0 aliphatic heterocycles. The van der Waals surface area contributed by atoms with E-state index in [4.69, 9.17) is 21.1 Å². The normalized spacial score (nSPS) is 11.8. The van der Waals surface area contributed by atoms with Gasteiger partial charge in [-0.05, 0) is 68.7 Å². The molecule has 0 aromatic heterocycles. The Morgan fingerprint density at radius 1 is 1.12 bits per heavy atom. The summed E-state index contributed by atoms with van der Waals surface area (Å²) in [7, 11) is 1.54. The Kier molecular flexibility index (Phi) is 5.73. The highest BCUT2D eigenvalue weighted by atomic mass is 35.5. The van der Waals surface area contributed by atoms with E-state index in [-0.39, 0.29) is 5.91 Å². The topological polar surface area (TPSA) is 47.6 Å². The van der Waals surface area contributed by atoms with Gasteiger partial charge in [0.1, 0.15) is 11.5 Å². The fourth-order valence-corrected chi connectivity index (χ4v) is 2.61. The van der Waals surface area contributed by atoms with E-state index in [2.05, 4.69) is 11.4 Å². The van der Waals surface area contributed by atoms with Crippen LogP contribution in [0.5, 0.6) is 11.5 Å². The molecule has 0 radical (unpaired) electrons. The largest absolute Gasteiger partial charge is 0.495 e. The fourth-order valence-electron chi connectivity index (χ4n) is 2.36. The Bertz CT molecular complexity index is 759. The van der Waals surface area contributed by atoms with Crippen molar-refractivity contribution >= 4 is 23.2 Å². The highest BCUT2D eigenvalue weighted by molar-refractivity contribution is 6.32. The van der Waals surface area contributed by atoms with Gasteiger partial charge in [-0.3, -0.25) is 4.79 Å². The van der Waals surface area contributed by atoms with Crippen LogP contribution in [0.2, 0.25) is 5.02 Å². The Morgan fingerprint density at radius 3 is 2.46 bits per heavy atom. The lowest BCUT2D eigenvalue weighted by atomic mass is 10.1. The van der Waals surface area contributed by atoms with Gasteiger partial charge in [-0.1, -0.05) is 17.7 Å². The Hall–Kier alpha value is -2.20. The van der Waals surface area contributed by atoms with Crippen LogP contribution < -0.4 is 14.8 Å². The monoisotopic (exact) mass is 347 g/mol. The number of anilines is 1. The van der Waals surface area contributed by atoms with Crippen molar-refractivity contribution in [2.75, 3.05) is 12.4 Å². The number of rotatable bonds is 5. The van der Waals surface area contributed by atoms with Crippen molar-refractivity contribution in [3.8, 4) is 11.5 Å². The molecule has 5 heteroatoms. The number of aryl methyl sites for hydroxylation is 2. The Morgan fingerprint density at radius 2 is 1.83 bits per heavy atom. The zero-order valence-corrected chi connectivity index (χ0v) is 15.3. The average molecular weight is 348 g/mol. The van der Waals surface area contributed by atoms with E-state index in [1.807, 2.05) is 26.8 Å². The molecule has 0 heterocycles. The lowest BCUT2D eigenvalue weighted by Gasteiger charge is -2.18. The molecule has 0 aliphatic rings. The first kappa shape index (κ1) is 18.1. The van der Waals surface area contributed by atoms with Crippen LogP contribution in [0.1, 0.15) is 23.6 Å². The van der Waals surface area contributed by atoms with Crippen LogP contribution in [0, 0.1) is 20.8 Å². The first-order chi connectivity index (χ1) is 11.3. The van der Waals surface area contributed by atoms with Gasteiger partial charge in [0.15, 0.2) is 6.10 Å². The molecular formula is C19H22ClNO3. The summed E-state index contributed by atoms with van der Waals surface area (Å²) in [5, 5.41) is 3.24. The molecule has 0 saturated carbocycles. The van der Waals surface area contributed by atoms with Crippen LogP contribution in [0.3, 0.4) is 0 Å². The van der Waals surface area contributed by atoms with Crippen LogP contribution in [-0.4, -0.2) is 19.1 Å². The molecule has 0 fully saturated rings. The maximum atomic E-state index is 12.4. The van der Waals surface area contributed by atoms with E-state index >= 15 is 0 Å². The van der Waals surface area contributed by atoms with Crippen LogP contribution >= 0.6 is 11.6 Å². The molecule has 0 saturated heterocycles. The van der Waals surface area contributed by atoms with Gasteiger partial charge in [0, 0.05) is 5.69 Å². The van der Waals surface area contributed by atoms with E-state index in [0.717, 1.165) is 22.4 Å². The second-order valence-corrected chi connectivity index (χ2v) is 6.21. The predicted molar refractivity (Wildman–Crippen MR) is 97.4 cm³/mol. The van der Waals surface area contributed by atoms with Crippen LogP contribution in [0.25, 0.3) is 0 Å². The molecule has 2 aromatic carbocycles. The molecule has 0 spiro atoms. The minimum Gasteiger partial charge on any atom is -0.495 e. The zero-order valence-electron chi connectivity index (χ0n) is 14.6. The number of carbonyl (C=O) groups excluding carboxylic acids is 1. The molecule has 1 amide bonds. The summed E-state index contributed by atoms with van der Waals surface area (Å²) in [6.45, 7) is 7.73. The highest BCUT2D eigenvalue weighted by Crippen LogP contribution is 2.28. The summed E-state index contributed by atoms with van der Waals surface area (Å²) in [5.74, 6) is 1.04. The highest BCUT2D eigenvalue weighted by Gasteiger charge is 2.17. The maximum absolute atomic E-state index is 12.4. The minimum atomic E-state index is -0.634. The average Bonchev–Trinajstić information content (AvgIpc) is 2.52. The number of halogens is 1. The summed E-state index contributed by atoms with van der Waals surface area (Å²) < 4.78 is 10.9. The quantitative estimate of drug-likeness (QED) is 0.854. The maximum Gasteiger partial charge on any atom is 0.265 e. The van der Waals surface area contributed by atoms with Gasteiger partial charge in [-0.15, -0.1) is 0 Å². The summed E-state index contributed by atoms with van der Waals surface area (Å²) in [6.07, 6.45) is -0.634. The van der Waals surface area contributed by atoms with Gasteiger partial charge in [0.2, 0.25) is 0 Å². The van der Waals surface area contributed by atoms with Gasteiger partial charge in [-0.2, -0.15) is 0 Å². The summed E-state index contributed by atoms with van der Waals surface area (Å²) in [5.41, 5.74) is 3.87. The summed E-state index contributed by atoms with van der Waals surface area (Å²) in [6, 6.07) is 9.12. The zero-order chi connectivity index (χ0) is 17.9. The van der Waals surface area contributed by atoms with Crippen molar-refractivity contribution in [3.63, 3.8) is 0 Å². The molecule has 2 aromatic rings. The molecule has 0 bridgehead atoms. The molecule has 1 N–H and O–H groups in total. The number of carbonyl (C=O) groups is 1. The van der Waals surface area contributed by atoms with Gasteiger partial charge < -0.3 is 14.8 Å².